The number of hydrogen-bond donors (Lipinski definition) is 1. The lowest BCUT2D eigenvalue weighted by atomic mass is 10.2. The largest absolute Gasteiger partial charge is 0.350 e. The second-order valence-corrected chi connectivity index (χ2v) is 5.96. The fourth-order valence-corrected chi connectivity index (χ4v) is 2.65. The molecule has 0 spiro atoms. The van der Waals surface area contributed by atoms with Gasteiger partial charge in [-0.3, -0.25) is 14.5 Å². The fraction of sp³-hybridized carbons (Fsp3) is 0.400. The van der Waals surface area contributed by atoms with Crippen LogP contribution in [0.25, 0.3) is 0 Å². The van der Waals surface area contributed by atoms with E-state index in [4.69, 9.17) is 11.6 Å². The normalized spacial score (nSPS) is 18.0. The smallest absolute Gasteiger partial charge is 0.327 e. The molecule has 4 amide bonds. The third-order valence-corrected chi connectivity index (χ3v) is 3.99. The Morgan fingerprint density at radius 2 is 2.09 bits per heavy atom. The van der Waals surface area contributed by atoms with E-state index in [0.717, 1.165) is 23.3 Å². The molecule has 116 valence electrons. The topological polar surface area (TPSA) is 69.7 Å². The van der Waals surface area contributed by atoms with Crippen LogP contribution in [-0.4, -0.2) is 46.8 Å². The Balaban J connectivity index is 1.53. The number of benzene rings is 1. The predicted molar refractivity (Wildman–Crippen MR) is 80.1 cm³/mol. The highest BCUT2D eigenvalue weighted by atomic mass is 35.5. The summed E-state index contributed by atoms with van der Waals surface area (Å²) in [5.74, 6) is -0.672. The van der Waals surface area contributed by atoms with Crippen molar-refractivity contribution < 1.29 is 14.4 Å². The molecule has 0 aromatic heterocycles. The maximum absolute atomic E-state index is 12.1. The van der Waals surface area contributed by atoms with Crippen molar-refractivity contribution >= 4 is 29.4 Å². The molecule has 7 heteroatoms. The highest BCUT2D eigenvalue weighted by Crippen LogP contribution is 2.30. The number of amides is 4. The van der Waals surface area contributed by atoms with Crippen molar-refractivity contribution in [2.75, 3.05) is 13.1 Å². The molecule has 0 atom stereocenters. The van der Waals surface area contributed by atoms with Crippen LogP contribution in [-0.2, 0) is 16.1 Å². The van der Waals surface area contributed by atoms with E-state index in [2.05, 4.69) is 5.32 Å². The molecule has 1 saturated carbocycles. The average molecular weight is 322 g/mol. The first kappa shape index (κ1) is 14.8. The Bertz CT molecular complexity index is 630. The molecule has 1 aliphatic heterocycles. The Kier molecular flexibility index (Phi) is 4.02. The standard InChI is InChI=1S/C15H16ClN3O3/c16-11-3-1-2-10(6-11)7-17-13(20)8-19-14(21)9-18(15(19)22)12-4-5-12/h1-3,6,12H,4-5,7-9H2,(H,17,20). The van der Waals surface area contributed by atoms with Gasteiger partial charge in [-0.1, -0.05) is 23.7 Å². The molecule has 6 nitrogen and oxygen atoms in total. The number of nitrogens with one attached hydrogen (secondary N) is 1. The van der Waals surface area contributed by atoms with Gasteiger partial charge in [-0.15, -0.1) is 0 Å². The van der Waals surface area contributed by atoms with E-state index in [9.17, 15) is 14.4 Å². The van der Waals surface area contributed by atoms with Gasteiger partial charge in [-0.25, -0.2) is 4.79 Å². The van der Waals surface area contributed by atoms with Crippen LogP contribution in [0.3, 0.4) is 0 Å². The number of rotatable bonds is 5. The van der Waals surface area contributed by atoms with Crippen molar-refractivity contribution in [2.24, 2.45) is 0 Å². The minimum absolute atomic E-state index is 0.0884. The van der Waals surface area contributed by atoms with Crippen LogP contribution in [0.15, 0.2) is 24.3 Å². The molecular formula is C15H16ClN3O3. The van der Waals surface area contributed by atoms with E-state index in [0.29, 0.717) is 11.6 Å². The van der Waals surface area contributed by atoms with Crippen LogP contribution in [0.1, 0.15) is 18.4 Å². The average Bonchev–Trinajstić information content (AvgIpc) is 3.28. The summed E-state index contributed by atoms with van der Waals surface area (Å²) < 4.78 is 0. The van der Waals surface area contributed by atoms with Crippen molar-refractivity contribution in [3.63, 3.8) is 0 Å². The first-order chi connectivity index (χ1) is 10.5. The molecule has 1 heterocycles. The van der Waals surface area contributed by atoms with Gasteiger partial charge in [0.1, 0.15) is 13.1 Å². The van der Waals surface area contributed by atoms with Crippen LogP contribution >= 0.6 is 11.6 Å². The van der Waals surface area contributed by atoms with Gasteiger partial charge in [0.15, 0.2) is 0 Å². The lowest BCUT2D eigenvalue weighted by molar-refractivity contribution is -0.130. The summed E-state index contributed by atoms with van der Waals surface area (Å²) >= 11 is 5.87. The Hall–Kier alpha value is -2.08. The van der Waals surface area contributed by atoms with Crippen molar-refractivity contribution in [1.82, 2.24) is 15.1 Å². The summed E-state index contributed by atoms with van der Waals surface area (Å²) in [7, 11) is 0. The van der Waals surface area contributed by atoms with Crippen molar-refractivity contribution in [1.29, 1.82) is 0 Å². The summed E-state index contributed by atoms with van der Waals surface area (Å²) in [5.41, 5.74) is 0.861. The first-order valence-electron chi connectivity index (χ1n) is 7.16. The Morgan fingerprint density at radius 3 is 2.77 bits per heavy atom. The number of urea groups is 1. The zero-order chi connectivity index (χ0) is 15.7. The summed E-state index contributed by atoms with van der Waals surface area (Å²) in [6.07, 6.45) is 1.88. The SMILES string of the molecule is O=C(CN1C(=O)CN(C2CC2)C1=O)NCc1cccc(Cl)c1. The lowest BCUT2D eigenvalue weighted by Gasteiger charge is -2.16. The molecule has 1 N–H and O–H groups in total. The molecule has 22 heavy (non-hydrogen) atoms. The van der Waals surface area contributed by atoms with Gasteiger partial charge >= 0.3 is 6.03 Å². The highest BCUT2D eigenvalue weighted by molar-refractivity contribution is 6.30. The van der Waals surface area contributed by atoms with Gasteiger partial charge in [-0.2, -0.15) is 0 Å². The number of carbonyl (C=O) groups excluding carboxylic acids is 3. The molecular weight excluding hydrogens is 306 g/mol. The summed E-state index contributed by atoms with van der Waals surface area (Å²) in [5, 5.41) is 3.29. The zero-order valence-electron chi connectivity index (χ0n) is 11.9. The summed E-state index contributed by atoms with van der Waals surface area (Å²) in [6.45, 7) is 0.161. The van der Waals surface area contributed by atoms with E-state index in [1.54, 1.807) is 23.1 Å². The van der Waals surface area contributed by atoms with Crippen LogP contribution in [0.4, 0.5) is 4.79 Å². The maximum atomic E-state index is 12.1. The third kappa shape index (κ3) is 3.22. The van der Waals surface area contributed by atoms with Gasteiger partial charge in [0.2, 0.25) is 5.91 Å². The highest BCUT2D eigenvalue weighted by Gasteiger charge is 2.44. The predicted octanol–water partition coefficient (Wildman–Crippen LogP) is 1.38. The van der Waals surface area contributed by atoms with E-state index >= 15 is 0 Å². The number of imide groups is 1. The third-order valence-electron chi connectivity index (χ3n) is 3.75. The molecule has 0 bridgehead atoms. The number of nitrogens with zero attached hydrogens (tertiary/aromatic N) is 2. The molecule has 2 fully saturated rings. The number of halogens is 1. The molecule has 2 aliphatic rings. The van der Waals surface area contributed by atoms with Gasteiger partial charge in [0.25, 0.3) is 5.91 Å². The Labute approximate surface area is 133 Å². The molecule has 1 aromatic rings. The monoisotopic (exact) mass is 321 g/mol. The minimum atomic E-state index is -0.362. The molecule has 1 saturated heterocycles. The number of carbonyl (C=O) groups is 3. The van der Waals surface area contributed by atoms with Gasteiger partial charge in [0, 0.05) is 17.6 Å². The van der Waals surface area contributed by atoms with Crippen LogP contribution in [0.2, 0.25) is 5.02 Å². The molecule has 3 rings (SSSR count). The summed E-state index contributed by atoms with van der Waals surface area (Å²) in [4.78, 5) is 38.4. The molecule has 1 aromatic carbocycles. The summed E-state index contributed by atoms with van der Waals surface area (Å²) in [6, 6.07) is 6.96. The van der Waals surface area contributed by atoms with Crippen molar-refractivity contribution in [2.45, 2.75) is 25.4 Å². The fourth-order valence-electron chi connectivity index (χ4n) is 2.43. The van der Waals surface area contributed by atoms with E-state index in [1.165, 1.54) is 0 Å². The van der Waals surface area contributed by atoms with Gasteiger partial charge in [0.05, 0.1) is 0 Å². The quantitative estimate of drug-likeness (QED) is 0.833. The van der Waals surface area contributed by atoms with Crippen molar-refractivity contribution in [3.8, 4) is 0 Å². The Morgan fingerprint density at radius 1 is 1.32 bits per heavy atom. The van der Waals surface area contributed by atoms with E-state index in [1.807, 2.05) is 6.07 Å². The van der Waals surface area contributed by atoms with Crippen LogP contribution in [0.5, 0.6) is 0 Å². The van der Waals surface area contributed by atoms with E-state index in [-0.39, 0.29) is 37.0 Å². The van der Waals surface area contributed by atoms with Crippen LogP contribution in [0, 0.1) is 0 Å². The molecule has 0 unspecified atom stereocenters. The van der Waals surface area contributed by atoms with Gasteiger partial charge in [-0.05, 0) is 30.5 Å². The van der Waals surface area contributed by atoms with Crippen molar-refractivity contribution in [3.05, 3.63) is 34.9 Å². The lowest BCUT2D eigenvalue weighted by Crippen LogP contribution is -2.41. The maximum Gasteiger partial charge on any atom is 0.327 e. The van der Waals surface area contributed by atoms with Gasteiger partial charge < -0.3 is 10.2 Å². The minimum Gasteiger partial charge on any atom is -0.350 e. The first-order valence-corrected chi connectivity index (χ1v) is 7.54. The second kappa shape index (κ2) is 5.96. The number of hydrogen-bond acceptors (Lipinski definition) is 3. The zero-order valence-corrected chi connectivity index (χ0v) is 12.7. The van der Waals surface area contributed by atoms with Crippen LogP contribution < -0.4 is 5.32 Å². The second-order valence-electron chi connectivity index (χ2n) is 5.53. The molecule has 1 aliphatic carbocycles. The molecule has 0 radical (unpaired) electrons. The van der Waals surface area contributed by atoms with E-state index < -0.39 is 0 Å².